The maximum Gasteiger partial charge on any atom is 0.421 e. The van der Waals surface area contributed by atoms with Crippen LogP contribution in [0.2, 0.25) is 0 Å². The summed E-state index contributed by atoms with van der Waals surface area (Å²) in [7, 11) is 0. The monoisotopic (exact) mass is 454 g/mol. The molecule has 4 rings (SSSR count). The molecule has 33 heavy (non-hydrogen) atoms. The van der Waals surface area contributed by atoms with Gasteiger partial charge < -0.3 is 10.6 Å². The van der Waals surface area contributed by atoms with E-state index >= 15 is 0 Å². The third-order valence-electron chi connectivity index (χ3n) is 6.10. The second-order valence-electron chi connectivity index (χ2n) is 8.57. The number of benzene rings is 2. The molecule has 0 saturated heterocycles. The Labute approximate surface area is 192 Å². The molecule has 0 radical (unpaired) electrons. The highest BCUT2D eigenvalue weighted by Gasteiger charge is 2.35. The van der Waals surface area contributed by atoms with Gasteiger partial charge >= 0.3 is 6.18 Å². The Hall–Kier alpha value is -3.09. The van der Waals surface area contributed by atoms with Crippen molar-refractivity contribution in [3.8, 4) is 0 Å². The zero-order chi connectivity index (χ0) is 23.3. The minimum absolute atomic E-state index is 0.115. The number of anilines is 4. The topological polar surface area (TPSA) is 49.8 Å². The number of nitrogens with one attached hydrogen (secondary N) is 2. The molecule has 7 heteroatoms. The third kappa shape index (κ3) is 5.83. The van der Waals surface area contributed by atoms with Gasteiger partial charge in [0.15, 0.2) is 0 Å². The summed E-state index contributed by atoms with van der Waals surface area (Å²) in [5.41, 5.74) is 2.76. The van der Waals surface area contributed by atoms with Crippen LogP contribution in [0.25, 0.3) is 0 Å². The van der Waals surface area contributed by atoms with Gasteiger partial charge in [-0.2, -0.15) is 18.2 Å². The highest BCUT2D eigenvalue weighted by atomic mass is 19.4. The van der Waals surface area contributed by atoms with Crippen LogP contribution in [0.1, 0.15) is 68.1 Å². The molecule has 2 N–H and O–H groups in total. The number of hydrogen-bond donors (Lipinski definition) is 2. The van der Waals surface area contributed by atoms with Crippen molar-refractivity contribution in [1.29, 1.82) is 0 Å². The summed E-state index contributed by atoms with van der Waals surface area (Å²) in [6, 6.07) is 15.4. The Bertz CT molecular complexity index is 1060. The number of alkyl halides is 3. The number of hydrogen-bond acceptors (Lipinski definition) is 4. The van der Waals surface area contributed by atoms with E-state index in [9.17, 15) is 13.2 Å². The van der Waals surface area contributed by atoms with Gasteiger partial charge in [-0.05, 0) is 54.5 Å². The third-order valence-corrected chi connectivity index (χ3v) is 6.10. The molecular formula is C26H29F3N4. The van der Waals surface area contributed by atoms with Crippen LogP contribution in [0.15, 0.2) is 54.7 Å². The van der Waals surface area contributed by atoms with Crippen LogP contribution in [0, 0.1) is 0 Å². The molecule has 4 nitrogen and oxygen atoms in total. The summed E-state index contributed by atoms with van der Waals surface area (Å²) >= 11 is 0. The van der Waals surface area contributed by atoms with Gasteiger partial charge in [0, 0.05) is 17.6 Å². The minimum atomic E-state index is -4.57. The molecule has 1 fully saturated rings. The lowest BCUT2D eigenvalue weighted by Crippen LogP contribution is -2.14. The van der Waals surface area contributed by atoms with E-state index < -0.39 is 11.7 Å². The van der Waals surface area contributed by atoms with Crippen LogP contribution in [-0.4, -0.2) is 9.97 Å². The number of aryl methyl sites for hydroxylation is 1. The SMILES string of the molecule is CCCc1ccc(Nc2ncc(C(F)(F)F)c(Nc3ccccc3C3CCCCC3)n2)cc1. The molecule has 2 aromatic carbocycles. The summed E-state index contributed by atoms with van der Waals surface area (Å²) in [6.07, 6.45) is 3.90. The van der Waals surface area contributed by atoms with E-state index in [1.54, 1.807) is 0 Å². The Morgan fingerprint density at radius 1 is 0.939 bits per heavy atom. The Balaban J connectivity index is 1.63. The van der Waals surface area contributed by atoms with Gasteiger partial charge in [-0.25, -0.2) is 4.98 Å². The number of halogens is 3. The summed E-state index contributed by atoms with van der Waals surface area (Å²) in [6.45, 7) is 2.11. The number of nitrogens with zero attached hydrogens (tertiary/aromatic N) is 2. The van der Waals surface area contributed by atoms with Crippen molar-refractivity contribution in [2.75, 3.05) is 10.6 Å². The lowest BCUT2D eigenvalue weighted by Gasteiger charge is -2.25. The molecule has 0 bridgehead atoms. The molecule has 3 aromatic rings. The van der Waals surface area contributed by atoms with Crippen LogP contribution in [0.4, 0.5) is 36.3 Å². The average molecular weight is 455 g/mol. The molecule has 1 aliphatic carbocycles. The molecular weight excluding hydrogens is 425 g/mol. The molecule has 0 amide bonds. The fraction of sp³-hybridized carbons (Fsp3) is 0.385. The first-order valence-electron chi connectivity index (χ1n) is 11.6. The van der Waals surface area contributed by atoms with Gasteiger partial charge in [0.1, 0.15) is 11.4 Å². The minimum Gasteiger partial charge on any atom is -0.339 e. The predicted octanol–water partition coefficient (Wildman–Crippen LogP) is 7.98. The average Bonchev–Trinajstić information content (AvgIpc) is 2.81. The predicted molar refractivity (Wildman–Crippen MR) is 126 cm³/mol. The zero-order valence-electron chi connectivity index (χ0n) is 18.8. The molecule has 1 heterocycles. The van der Waals surface area contributed by atoms with Crippen molar-refractivity contribution in [2.45, 2.75) is 64.0 Å². The van der Waals surface area contributed by atoms with Crippen molar-refractivity contribution in [3.05, 3.63) is 71.4 Å². The van der Waals surface area contributed by atoms with E-state index in [1.165, 1.54) is 12.0 Å². The molecule has 0 atom stereocenters. The Morgan fingerprint density at radius 3 is 2.36 bits per heavy atom. The largest absolute Gasteiger partial charge is 0.421 e. The van der Waals surface area contributed by atoms with E-state index in [2.05, 4.69) is 27.5 Å². The second-order valence-corrected chi connectivity index (χ2v) is 8.57. The van der Waals surface area contributed by atoms with Crippen molar-refractivity contribution in [2.24, 2.45) is 0 Å². The summed E-state index contributed by atoms with van der Waals surface area (Å²) in [5, 5.41) is 6.01. The first-order chi connectivity index (χ1) is 15.9. The zero-order valence-corrected chi connectivity index (χ0v) is 18.8. The normalized spacial score (nSPS) is 14.8. The van der Waals surface area contributed by atoms with Crippen LogP contribution in [0.3, 0.4) is 0 Å². The fourth-order valence-corrected chi connectivity index (χ4v) is 4.43. The lowest BCUT2D eigenvalue weighted by molar-refractivity contribution is -0.137. The Kier molecular flexibility index (Phi) is 7.16. The number of rotatable bonds is 7. The van der Waals surface area contributed by atoms with E-state index in [4.69, 9.17) is 0 Å². The number of aromatic nitrogens is 2. The van der Waals surface area contributed by atoms with Crippen LogP contribution >= 0.6 is 0 Å². The standard InChI is InChI=1S/C26H29F3N4/c1-2-8-18-13-15-20(16-14-18)31-25-30-17-22(26(27,28)29)24(33-25)32-23-12-7-6-11-21(23)19-9-4-3-5-10-19/h6-7,11-17,19H,2-5,8-10H2,1H3,(H2,30,31,32,33). The van der Waals surface area contributed by atoms with E-state index in [-0.39, 0.29) is 11.8 Å². The van der Waals surface area contributed by atoms with Crippen molar-refractivity contribution in [1.82, 2.24) is 9.97 Å². The second kappa shape index (κ2) is 10.2. The molecule has 0 spiro atoms. The van der Waals surface area contributed by atoms with Gasteiger partial charge in [0.25, 0.3) is 0 Å². The van der Waals surface area contributed by atoms with Gasteiger partial charge in [0.05, 0.1) is 0 Å². The van der Waals surface area contributed by atoms with Crippen LogP contribution < -0.4 is 10.6 Å². The highest BCUT2D eigenvalue weighted by molar-refractivity contribution is 5.66. The van der Waals surface area contributed by atoms with Gasteiger partial charge in [0.2, 0.25) is 5.95 Å². The summed E-state index contributed by atoms with van der Waals surface area (Å²) in [5.74, 6) is 0.215. The molecule has 0 unspecified atom stereocenters. The smallest absolute Gasteiger partial charge is 0.339 e. The fourth-order valence-electron chi connectivity index (χ4n) is 4.43. The van der Waals surface area contributed by atoms with E-state index in [0.29, 0.717) is 11.6 Å². The summed E-state index contributed by atoms with van der Waals surface area (Å²) < 4.78 is 41.2. The van der Waals surface area contributed by atoms with Crippen molar-refractivity contribution < 1.29 is 13.2 Å². The van der Waals surface area contributed by atoms with Gasteiger partial charge in [-0.15, -0.1) is 0 Å². The maximum absolute atomic E-state index is 13.7. The highest BCUT2D eigenvalue weighted by Crippen LogP contribution is 2.39. The first kappa shape index (κ1) is 23.1. The number of para-hydroxylation sites is 1. The van der Waals surface area contributed by atoms with E-state index in [0.717, 1.165) is 56.0 Å². The first-order valence-corrected chi connectivity index (χ1v) is 11.6. The molecule has 1 aromatic heterocycles. The van der Waals surface area contributed by atoms with Crippen LogP contribution in [-0.2, 0) is 12.6 Å². The van der Waals surface area contributed by atoms with Gasteiger partial charge in [-0.3, -0.25) is 0 Å². The maximum atomic E-state index is 13.7. The van der Waals surface area contributed by atoms with Crippen LogP contribution in [0.5, 0.6) is 0 Å². The summed E-state index contributed by atoms with van der Waals surface area (Å²) in [4.78, 5) is 8.15. The quantitative estimate of drug-likeness (QED) is 0.380. The Morgan fingerprint density at radius 2 is 1.67 bits per heavy atom. The molecule has 0 aliphatic heterocycles. The molecule has 1 aliphatic rings. The van der Waals surface area contributed by atoms with Gasteiger partial charge in [-0.1, -0.05) is 62.9 Å². The molecule has 174 valence electrons. The van der Waals surface area contributed by atoms with E-state index in [1.807, 2.05) is 48.5 Å². The molecule has 1 saturated carbocycles. The lowest BCUT2D eigenvalue weighted by atomic mass is 9.83. The van der Waals surface area contributed by atoms with Crippen molar-refractivity contribution >= 4 is 23.1 Å². The van der Waals surface area contributed by atoms with Crippen molar-refractivity contribution in [3.63, 3.8) is 0 Å².